The summed E-state index contributed by atoms with van der Waals surface area (Å²) in [6.07, 6.45) is 1.40. The first-order valence-electron chi connectivity index (χ1n) is 9.96. The van der Waals surface area contributed by atoms with Gasteiger partial charge in [-0.15, -0.1) is 0 Å². The Labute approximate surface area is 188 Å². The lowest BCUT2D eigenvalue weighted by atomic mass is 9.98. The molecule has 7 heteroatoms. The summed E-state index contributed by atoms with van der Waals surface area (Å²) in [6.45, 7) is 1.79. The van der Waals surface area contributed by atoms with E-state index in [-0.39, 0.29) is 5.91 Å². The summed E-state index contributed by atoms with van der Waals surface area (Å²) in [5, 5.41) is 3.55. The van der Waals surface area contributed by atoms with E-state index in [4.69, 9.17) is 11.6 Å². The zero-order chi connectivity index (χ0) is 22.4. The number of rotatable bonds is 8. The number of sulfonamides is 1. The molecular weight excluding hydrogens is 432 g/mol. The van der Waals surface area contributed by atoms with Crippen LogP contribution in [-0.2, 0) is 14.8 Å². The van der Waals surface area contributed by atoms with Gasteiger partial charge in [0.05, 0.1) is 18.0 Å². The topological polar surface area (TPSA) is 66.5 Å². The van der Waals surface area contributed by atoms with Gasteiger partial charge < -0.3 is 5.32 Å². The molecule has 162 valence electrons. The lowest BCUT2D eigenvalue weighted by Crippen LogP contribution is -2.50. The molecule has 1 atom stereocenters. The lowest BCUT2D eigenvalue weighted by molar-refractivity contribution is -0.122. The lowest BCUT2D eigenvalue weighted by Gasteiger charge is -2.31. The van der Waals surface area contributed by atoms with Crippen LogP contribution in [0.2, 0.25) is 5.02 Å². The van der Waals surface area contributed by atoms with Crippen molar-refractivity contribution >= 4 is 33.2 Å². The fourth-order valence-electron chi connectivity index (χ4n) is 3.54. The first kappa shape index (κ1) is 22.8. The predicted molar refractivity (Wildman–Crippen MR) is 126 cm³/mol. The highest BCUT2D eigenvalue weighted by atomic mass is 35.5. The van der Waals surface area contributed by atoms with E-state index in [1.807, 2.05) is 60.7 Å². The molecule has 0 saturated carbocycles. The summed E-state index contributed by atoms with van der Waals surface area (Å²) in [5.41, 5.74) is 2.22. The summed E-state index contributed by atoms with van der Waals surface area (Å²) < 4.78 is 26.5. The van der Waals surface area contributed by atoms with Gasteiger partial charge in [-0.3, -0.25) is 9.10 Å². The molecule has 0 spiro atoms. The molecule has 0 aliphatic heterocycles. The quantitative estimate of drug-likeness (QED) is 0.530. The Kier molecular flexibility index (Phi) is 7.36. The van der Waals surface area contributed by atoms with Crippen LogP contribution in [0.3, 0.4) is 0 Å². The predicted octanol–water partition coefficient (Wildman–Crippen LogP) is 4.79. The number of carbonyl (C=O) groups excluding carboxylic acids is 1. The summed E-state index contributed by atoms with van der Waals surface area (Å²) in [4.78, 5) is 13.4. The molecule has 3 aromatic carbocycles. The zero-order valence-corrected chi connectivity index (χ0v) is 19.0. The van der Waals surface area contributed by atoms with Gasteiger partial charge in [-0.2, -0.15) is 0 Å². The average molecular weight is 457 g/mol. The van der Waals surface area contributed by atoms with Gasteiger partial charge in [-0.25, -0.2) is 8.42 Å². The third kappa shape index (κ3) is 5.66. The standard InChI is InChI=1S/C24H25ClN2O3S/c1-3-22(27(31(2,29)30)21-16-14-20(25)15-17-21)24(28)26-23(18-10-6-4-7-11-18)19-12-8-5-9-13-19/h4-17,22-23H,3H2,1-2H3,(H,26,28)/t22-/m0/s1. The van der Waals surface area contributed by atoms with Crippen molar-refractivity contribution in [1.82, 2.24) is 5.32 Å². The van der Waals surface area contributed by atoms with Crippen LogP contribution in [0.4, 0.5) is 5.69 Å². The third-order valence-electron chi connectivity index (χ3n) is 4.96. The Balaban J connectivity index is 1.97. The highest BCUT2D eigenvalue weighted by Crippen LogP contribution is 2.26. The van der Waals surface area contributed by atoms with Crippen LogP contribution in [0, 0.1) is 0 Å². The molecule has 0 bridgehead atoms. The van der Waals surface area contributed by atoms with Gasteiger partial charge in [-0.05, 0) is 41.8 Å². The van der Waals surface area contributed by atoms with Gasteiger partial charge in [0.1, 0.15) is 6.04 Å². The van der Waals surface area contributed by atoms with Crippen molar-refractivity contribution < 1.29 is 13.2 Å². The number of nitrogens with zero attached hydrogens (tertiary/aromatic N) is 1. The van der Waals surface area contributed by atoms with Gasteiger partial charge in [0.2, 0.25) is 15.9 Å². The maximum absolute atomic E-state index is 13.4. The Hall–Kier alpha value is -2.83. The molecule has 0 aromatic heterocycles. The normalized spacial score (nSPS) is 12.4. The number of anilines is 1. The fraction of sp³-hybridized carbons (Fsp3) is 0.208. The van der Waals surface area contributed by atoms with E-state index in [1.54, 1.807) is 31.2 Å². The van der Waals surface area contributed by atoms with Crippen LogP contribution < -0.4 is 9.62 Å². The number of hydrogen-bond donors (Lipinski definition) is 1. The third-order valence-corrected chi connectivity index (χ3v) is 6.40. The molecule has 3 aromatic rings. The minimum absolute atomic E-state index is 0.303. The van der Waals surface area contributed by atoms with Crippen molar-refractivity contribution in [3.63, 3.8) is 0 Å². The average Bonchev–Trinajstić information content (AvgIpc) is 2.77. The number of amides is 1. The summed E-state index contributed by atoms with van der Waals surface area (Å²) in [7, 11) is -3.72. The van der Waals surface area contributed by atoms with Crippen LogP contribution in [0.15, 0.2) is 84.9 Å². The van der Waals surface area contributed by atoms with Crippen molar-refractivity contribution in [2.75, 3.05) is 10.6 Å². The summed E-state index contributed by atoms with van der Waals surface area (Å²) in [5.74, 6) is -0.374. The number of hydrogen-bond acceptors (Lipinski definition) is 3. The maximum atomic E-state index is 13.4. The van der Waals surface area contributed by atoms with Crippen LogP contribution >= 0.6 is 11.6 Å². The Morgan fingerprint density at radius 2 is 1.39 bits per heavy atom. The first-order chi connectivity index (χ1) is 14.8. The molecule has 0 unspecified atom stereocenters. The van der Waals surface area contributed by atoms with Gasteiger partial charge in [0.25, 0.3) is 0 Å². The van der Waals surface area contributed by atoms with E-state index in [1.165, 1.54) is 0 Å². The van der Waals surface area contributed by atoms with Crippen LogP contribution in [0.25, 0.3) is 0 Å². The second-order valence-electron chi connectivity index (χ2n) is 7.22. The zero-order valence-electron chi connectivity index (χ0n) is 17.4. The largest absolute Gasteiger partial charge is 0.343 e. The molecule has 1 amide bonds. The molecule has 0 aliphatic carbocycles. The molecule has 3 rings (SSSR count). The van der Waals surface area contributed by atoms with Gasteiger partial charge >= 0.3 is 0 Å². The van der Waals surface area contributed by atoms with E-state index in [0.717, 1.165) is 21.7 Å². The maximum Gasteiger partial charge on any atom is 0.244 e. The van der Waals surface area contributed by atoms with E-state index in [2.05, 4.69) is 5.32 Å². The fourth-order valence-corrected chi connectivity index (χ4v) is 4.87. The number of benzene rings is 3. The minimum Gasteiger partial charge on any atom is -0.343 e. The summed E-state index contributed by atoms with van der Waals surface area (Å²) >= 11 is 5.96. The second kappa shape index (κ2) is 9.98. The number of nitrogens with one attached hydrogen (secondary N) is 1. The second-order valence-corrected chi connectivity index (χ2v) is 9.52. The molecule has 0 fully saturated rings. The molecular formula is C24H25ClN2O3S. The molecule has 0 aliphatic rings. The highest BCUT2D eigenvalue weighted by Gasteiger charge is 2.33. The van der Waals surface area contributed by atoms with E-state index in [0.29, 0.717) is 17.1 Å². The Morgan fingerprint density at radius 1 is 0.903 bits per heavy atom. The van der Waals surface area contributed by atoms with Gasteiger partial charge in [0, 0.05) is 5.02 Å². The van der Waals surface area contributed by atoms with Crippen molar-refractivity contribution in [2.24, 2.45) is 0 Å². The van der Waals surface area contributed by atoms with Crippen LogP contribution in [-0.4, -0.2) is 26.6 Å². The number of carbonyl (C=O) groups is 1. The molecule has 0 saturated heterocycles. The molecule has 0 radical (unpaired) electrons. The van der Waals surface area contributed by atoms with E-state index in [9.17, 15) is 13.2 Å². The van der Waals surface area contributed by atoms with Gasteiger partial charge in [-0.1, -0.05) is 79.2 Å². The molecule has 31 heavy (non-hydrogen) atoms. The summed E-state index contributed by atoms with van der Waals surface area (Å²) in [6, 6.07) is 24.3. The van der Waals surface area contributed by atoms with Crippen molar-refractivity contribution in [3.05, 3.63) is 101 Å². The van der Waals surface area contributed by atoms with Crippen LogP contribution in [0.1, 0.15) is 30.5 Å². The van der Waals surface area contributed by atoms with Crippen molar-refractivity contribution in [3.8, 4) is 0 Å². The monoisotopic (exact) mass is 456 g/mol. The SMILES string of the molecule is CC[C@@H](C(=O)NC(c1ccccc1)c1ccccc1)N(c1ccc(Cl)cc1)S(C)(=O)=O. The first-order valence-corrected chi connectivity index (χ1v) is 12.2. The van der Waals surface area contributed by atoms with Crippen molar-refractivity contribution in [1.29, 1.82) is 0 Å². The smallest absolute Gasteiger partial charge is 0.244 e. The van der Waals surface area contributed by atoms with Crippen LogP contribution in [0.5, 0.6) is 0 Å². The van der Waals surface area contributed by atoms with E-state index < -0.39 is 22.1 Å². The Morgan fingerprint density at radius 3 is 1.81 bits per heavy atom. The van der Waals surface area contributed by atoms with Crippen molar-refractivity contribution in [2.45, 2.75) is 25.4 Å². The molecule has 0 heterocycles. The minimum atomic E-state index is -3.72. The molecule has 1 N–H and O–H groups in total. The Bertz CT molecular complexity index is 1070. The molecule has 5 nitrogen and oxygen atoms in total. The van der Waals surface area contributed by atoms with E-state index >= 15 is 0 Å². The number of halogens is 1. The van der Waals surface area contributed by atoms with Gasteiger partial charge in [0.15, 0.2) is 0 Å². The highest BCUT2D eigenvalue weighted by molar-refractivity contribution is 7.92.